The maximum absolute atomic E-state index is 12.3. The standard InChI is InChI=1S/C21H30O3/c1-4-6-7-11-14-17-18(16-12-9-8-10-13-16)15-21(23,19(17)5-2)20(22)24-3/h5,8-10,12-13,17-19,23H,2,4,6-7,11,14-15H2,1,3H3/t17-,18-,19+,21-/m1/s1. The number of hydrogen-bond acceptors (Lipinski definition) is 3. The highest BCUT2D eigenvalue weighted by atomic mass is 16.5. The molecule has 0 heterocycles. The van der Waals surface area contributed by atoms with Crippen molar-refractivity contribution in [1.82, 2.24) is 0 Å². The van der Waals surface area contributed by atoms with E-state index in [0.717, 1.165) is 12.8 Å². The van der Waals surface area contributed by atoms with Crippen molar-refractivity contribution in [2.75, 3.05) is 7.11 Å². The normalized spacial score (nSPS) is 29.4. The Kier molecular flexibility index (Phi) is 6.61. The topological polar surface area (TPSA) is 46.5 Å². The summed E-state index contributed by atoms with van der Waals surface area (Å²) in [6.07, 6.45) is 7.88. The van der Waals surface area contributed by atoms with Gasteiger partial charge < -0.3 is 9.84 Å². The summed E-state index contributed by atoms with van der Waals surface area (Å²) in [6.45, 7) is 6.11. The molecule has 0 bridgehead atoms. The fourth-order valence-corrected chi connectivity index (χ4v) is 4.25. The van der Waals surface area contributed by atoms with Crippen molar-refractivity contribution in [3.8, 4) is 0 Å². The maximum atomic E-state index is 12.3. The number of carbonyl (C=O) groups is 1. The van der Waals surface area contributed by atoms with E-state index in [2.05, 4.69) is 25.6 Å². The van der Waals surface area contributed by atoms with Gasteiger partial charge in [-0.3, -0.25) is 0 Å². The van der Waals surface area contributed by atoms with Crippen LogP contribution in [0.3, 0.4) is 0 Å². The lowest BCUT2D eigenvalue weighted by Crippen LogP contribution is -2.43. The van der Waals surface area contributed by atoms with E-state index in [9.17, 15) is 9.90 Å². The Morgan fingerprint density at radius 2 is 2.04 bits per heavy atom. The molecular weight excluding hydrogens is 300 g/mol. The third kappa shape index (κ3) is 3.72. The summed E-state index contributed by atoms with van der Waals surface area (Å²) < 4.78 is 4.91. The highest BCUT2D eigenvalue weighted by Gasteiger charge is 2.56. The second-order valence-electron chi connectivity index (χ2n) is 6.91. The van der Waals surface area contributed by atoms with Gasteiger partial charge in [-0.25, -0.2) is 4.79 Å². The number of ether oxygens (including phenoxy) is 1. The van der Waals surface area contributed by atoms with Crippen molar-refractivity contribution in [2.45, 2.75) is 57.0 Å². The summed E-state index contributed by atoms with van der Waals surface area (Å²) >= 11 is 0. The number of carbonyl (C=O) groups excluding carboxylic acids is 1. The van der Waals surface area contributed by atoms with E-state index in [1.165, 1.54) is 31.9 Å². The van der Waals surface area contributed by atoms with Crippen LogP contribution in [0.4, 0.5) is 0 Å². The lowest BCUT2D eigenvalue weighted by atomic mass is 9.80. The Balaban J connectivity index is 2.28. The van der Waals surface area contributed by atoms with Gasteiger partial charge in [0.2, 0.25) is 0 Å². The number of esters is 1. The van der Waals surface area contributed by atoms with Crippen LogP contribution in [0.1, 0.15) is 56.9 Å². The van der Waals surface area contributed by atoms with E-state index >= 15 is 0 Å². The molecule has 1 aliphatic carbocycles. The highest BCUT2D eigenvalue weighted by Crippen LogP contribution is 2.52. The Morgan fingerprint density at radius 3 is 2.62 bits per heavy atom. The molecule has 2 rings (SSSR count). The molecule has 132 valence electrons. The Labute approximate surface area is 145 Å². The van der Waals surface area contributed by atoms with Crippen molar-refractivity contribution in [3.63, 3.8) is 0 Å². The average Bonchev–Trinajstić information content (AvgIpc) is 2.91. The molecule has 1 N–H and O–H groups in total. The molecule has 4 atom stereocenters. The number of hydrogen-bond donors (Lipinski definition) is 1. The summed E-state index contributed by atoms with van der Waals surface area (Å²) in [4.78, 5) is 12.3. The van der Waals surface area contributed by atoms with Crippen molar-refractivity contribution >= 4 is 5.97 Å². The Hall–Kier alpha value is -1.61. The molecule has 0 aliphatic heterocycles. The van der Waals surface area contributed by atoms with E-state index in [1.807, 2.05) is 18.2 Å². The Morgan fingerprint density at radius 1 is 1.33 bits per heavy atom. The molecule has 3 nitrogen and oxygen atoms in total. The van der Waals surface area contributed by atoms with Gasteiger partial charge in [0.15, 0.2) is 5.60 Å². The minimum absolute atomic E-state index is 0.153. The van der Waals surface area contributed by atoms with E-state index < -0.39 is 11.6 Å². The largest absolute Gasteiger partial charge is 0.467 e. The molecule has 1 aromatic rings. The summed E-state index contributed by atoms with van der Waals surface area (Å²) in [5, 5.41) is 11.1. The molecule has 0 saturated heterocycles. The smallest absolute Gasteiger partial charge is 0.338 e. The van der Waals surface area contributed by atoms with Crippen molar-refractivity contribution in [3.05, 3.63) is 48.6 Å². The number of methoxy groups -OCH3 is 1. The summed E-state index contributed by atoms with van der Waals surface area (Å²) in [7, 11) is 1.34. The zero-order valence-corrected chi connectivity index (χ0v) is 14.9. The second kappa shape index (κ2) is 8.48. The molecule has 1 aliphatic rings. The molecule has 1 saturated carbocycles. The number of aliphatic hydroxyl groups is 1. The number of unbranched alkanes of at least 4 members (excludes halogenated alkanes) is 3. The minimum atomic E-state index is -1.47. The molecule has 1 aromatic carbocycles. The fraction of sp³-hybridized carbons (Fsp3) is 0.571. The summed E-state index contributed by atoms with van der Waals surface area (Å²) in [5.74, 6) is -0.438. The van der Waals surface area contributed by atoms with Crippen molar-refractivity contribution < 1.29 is 14.6 Å². The summed E-state index contributed by atoms with van der Waals surface area (Å²) in [6, 6.07) is 10.2. The van der Waals surface area contributed by atoms with E-state index in [-0.39, 0.29) is 17.8 Å². The number of benzene rings is 1. The highest BCUT2D eigenvalue weighted by molar-refractivity contribution is 5.81. The maximum Gasteiger partial charge on any atom is 0.338 e. The van der Waals surface area contributed by atoms with E-state index in [4.69, 9.17) is 4.74 Å². The zero-order valence-electron chi connectivity index (χ0n) is 14.9. The quantitative estimate of drug-likeness (QED) is 0.435. The molecule has 24 heavy (non-hydrogen) atoms. The average molecular weight is 330 g/mol. The molecule has 1 fully saturated rings. The van der Waals surface area contributed by atoms with Crippen LogP contribution in [0, 0.1) is 11.8 Å². The van der Waals surface area contributed by atoms with Crippen molar-refractivity contribution in [2.24, 2.45) is 11.8 Å². The first kappa shape index (κ1) is 18.7. The second-order valence-corrected chi connectivity index (χ2v) is 6.91. The molecule has 0 spiro atoms. The zero-order chi connectivity index (χ0) is 17.6. The third-order valence-corrected chi connectivity index (χ3v) is 5.47. The summed E-state index contributed by atoms with van der Waals surface area (Å²) in [5.41, 5.74) is -0.281. The molecule has 0 aromatic heterocycles. The van der Waals surface area contributed by atoms with Crippen LogP contribution in [0.15, 0.2) is 43.0 Å². The van der Waals surface area contributed by atoms with Gasteiger partial charge in [0.05, 0.1) is 7.11 Å². The van der Waals surface area contributed by atoms with E-state index in [1.54, 1.807) is 6.08 Å². The van der Waals surface area contributed by atoms with Crippen molar-refractivity contribution in [1.29, 1.82) is 0 Å². The van der Waals surface area contributed by atoms with Gasteiger partial charge in [-0.15, -0.1) is 6.58 Å². The van der Waals surface area contributed by atoms with Crippen LogP contribution in [0.5, 0.6) is 0 Å². The van der Waals surface area contributed by atoms with Crippen LogP contribution in [-0.2, 0) is 9.53 Å². The predicted octanol–water partition coefficient (Wildman–Crippen LogP) is 4.47. The van der Waals surface area contributed by atoms with Crippen LogP contribution in [-0.4, -0.2) is 23.8 Å². The van der Waals surface area contributed by atoms with Gasteiger partial charge in [0, 0.05) is 5.92 Å². The monoisotopic (exact) mass is 330 g/mol. The van der Waals surface area contributed by atoms with Gasteiger partial charge in [-0.1, -0.05) is 69.0 Å². The van der Waals surface area contributed by atoms with Gasteiger partial charge in [-0.2, -0.15) is 0 Å². The first-order chi connectivity index (χ1) is 11.6. The van der Waals surface area contributed by atoms with Crippen LogP contribution in [0.2, 0.25) is 0 Å². The first-order valence-electron chi connectivity index (χ1n) is 9.06. The molecule has 0 radical (unpaired) electrons. The first-order valence-corrected chi connectivity index (χ1v) is 9.06. The van der Waals surface area contributed by atoms with Crippen LogP contribution >= 0.6 is 0 Å². The molecule has 3 heteroatoms. The molecule has 0 unspecified atom stereocenters. The SMILES string of the molecule is C=C[C@H]1[C@H](CCCCCC)[C@@H](c2ccccc2)C[C@]1(O)C(=O)OC. The van der Waals surface area contributed by atoms with Gasteiger partial charge in [0.25, 0.3) is 0 Å². The fourth-order valence-electron chi connectivity index (χ4n) is 4.25. The van der Waals surface area contributed by atoms with Gasteiger partial charge in [-0.05, 0) is 30.2 Å². The van der Waals surface area contributed by atoms with Gasteiger partial charge >= 0.3 is 5.97 Å². The van der Waals surface area contributed by atoms with Gasteiger partial charge in [0.1, 0.15) is 0 Å². The van der Waals surface area contributed by atoms with E-state index in [0.29, 0.717) is 6.42 Å². The van der Waals surface area contributed by atoms with Crippen LogP contribution in [0.25, 0.3) is 0 Å². The third-order valence-electron chi connectivity index (χ3n) is 5.47. The Bertz CT molecular complexity index is 539. The van der Waals surface area contributed by atoms with Crippen LogP contribution < -0.4 is 0 Å². The molecular formula is C21H30O3. The molecule has 0 amide bonds. The number of rotatable bonds is 8. The lowest BCUT2D eigenvalue weighted by Gasteiger charge is -2.28. The lowest BCUT2D eigenvalue weighted by molar-refractivity contribution is -0.165. The predicted molar refractivity (Wildman–Crippen MR) is 96.7 cm³/mol. The minimum Gasteiger partial charge on any atom is -0.467 e.